The second-order valence-electron chi connectivity index (χ2n) is 4.24. The van der Waals surface area contributed by atoms with Crippen molar-refractivity contribution >= 4 is 5.69 Å². The van der Waals surface area contributed by atoms with Gasteiger partial charge in [-0.1, -0.05) is 12.1 Å². The van der Waals surface area contributed by atoms with Crippen molar-refractivity contribution in [1.29, 1.82) is 5.26 Å². The fourth-order valence-electron chi connectivity index (χ4n) is 2.02. The Morgan fingerprint density at radius 1 is 1.50 bits per heavy atom. The Bertz CT molecular complexity index is 466. The van der Waals surface area contributed by atoms with Gasteiger partial charge < -0.3 is 5.32 Å². The van der Waals surface area contributed by atoms with E-state index in [2.05, 4.69) is 16.3 Å². The molecule has 1 atom stereocenters. The van der Waals surface area contributed by atoms with E-state index in [0.717, 1.165) is 18.7 Å². The predicted molar refractivity (Wildman–Crippen MR) is 65.8 cm³/mol. The number of benzene rings is 1. The molecule has 1 aliphatic rings. The Morgan fingerprint density at radius 2 is 2.22 bits per heavy atom. The SMILES string of the molecule is N#CC1CNCCN1Cc1ccc([N+](=O)[O-])cc1. The lowest BCUT2D eigenvalue weighted by atomic mass is 10.1. The van der Waals surface area contributed by atoms with E-state index < -0.39 is 4.92 Å². The van der Waals surface area contributed by atoms with Gasteiger partial charge in [-0.05, 0) is 5.56 Å². The maximum absolute atomic E-state index is 10.5. The third-order valence-electron chi connectivity index (χ3n) is 3.04. The van der Waals surface area contributed by atoms with Crippen LogP contribution in [0.25, 0.3) is 0 Å². The molecule has 6 heteroatoms. The number of non-ortho nitro benzene ring substituents is 1. The highest BCUT2D eigenvalue weighted by molar-refractivity contribution is 5.32. The minimum absolute atomic E-state index is 0.0934. The first-order valence-corrected chi connectivity index (χ1v) is 5.78. The summed E-state index contributed by atoms with van der Waals surface area (Å²) in [6.45, 7) is 3.00. The Morgan fingerprint density at radius 3 is 2.83 bits per heavy atom. The normalized spacial score (nSPS) is 20.3. The number of piperazine rings is 1. The molecule has 0 spiro atoms. The van der Waals surface area contributed by atoms with E-state index in [9.17, 15) is 10.1 Å². The molecule has 0 amide bonds. The Kier molecular flexibility index (Phi) is 3.87. The number of nitrogens with one attached hydrogen (secondary N) is 1. The van der Waals surface area contributed by atoms with Gasteiger partial charge in [-0.25, -0.2) is 0 Å². The van der Waals surface area contributed by atoms with Crippen LogP contribution in [-0.4, -0.2) is 35.5 Å². The minimum atomic E-state index is -0.410. The summed E-state index contributed by atoms with van der Waals surface area (Å²) in [6, 6.07) is 8.62. The van der Waals surface area contributed by atoms with Crippen LogP contribution in [0.15, 0.2) is 24.3 Å². The van der Waals surface area contributed by atoms with Crippen molar-refractivity contribution in [3.63, 3.8) is 0 Å². The standard InChI is InChI=1S/C12H14N4O2/c13-7-12-8-14-5-6-15(12)9-10-1-3-11(4-2-10)16(17)18/h1-4,12,14H,5-6,8-9H2. The molecule has 1 unspecified atom stereocenters. The Labute approximate surface area is 105 Å². The molecule has 0 aromatic heterocycles. The third kappa shape index (κ3) is 2.83. The largest absolute Gasteiger partial charge is 0.313 e. The van der Waals surface area contributed by atoms with Crippen LogP contribution in [0.3, 0.4) is 0 Å². The van der Waals surface area contributed by atoms with Gasteiger partial charge in [-0.15, -0.1) is 0 Å². The Balaban J connectivity index is 2.04. The average molecular weight is 246 g/mol. The monoisotopic (exact) mass is 246 g/mol. The molecule has 1 N–H and O–H groups in total. The lowest BCUT2D eigenvalue weighted by Crippen LogP contribution is -2.49. The zero-order chi connectivity index (χ0) is 13.0. The van der Waals surface area contributed by atoms with E-state index in [1.165, 1.54) is 12.1 Å². The summed E-state index contributed by atoms with van der Waals surface area (Å²) in [4.78, 5) is 12.2. The van der Waals surface area contributed by atoms with Gasteiger partial charge in [0.1, 0.15) is 6.04 Å². The van der Waals surface area contributed by atoms with E-state index >= 15 is 0 Å². The fraction of sp³-hybridized carbons (Fsp3) is 0.417. The summed E-state index contributed by atoms with van der Waals surface area (Å²) in [5, 5.41) is 22.8. The molecular formula is C12H14N4O2. The highest BCUT2D eigenvalue weighted by Gasteiger charge is 2.21. The lowest BCUT2D eigenvalue weighted by Gasteiger charge is -2.31. The topological polar surface area (TPSA) is 82.2 Å². The maximum Gasteiger partial charge on any atom is 0.269 e. The second-order valence-corrected chi connectivity index (χ2v) is 4.24. The minimum Gasteiger partial charge on any atom is -0.313 e. The average Bonchev–Trinajstić information content (AvgIpc) is 2.40. The summed E-state index contributed by atoms with van der Waals surface area (Å²) in [5.41, 5.74) is 1.08. The van der Waals surface area contributed by atoms with Crippen LogP contribution in [-0.2, 0) is 6.54 Å². The van der Waals surface area contributed by atoms with Gasteiger partial charge in [-0.2, -0.15) is 5.26 Å². The van der Waals surface area contributed by atoms with E-state index in [0.29, 0.717) is 13.1 Å². The molecule has 1 heterocycles. The van der Waals surface area contributed by atoms with Gasteiger partial charge in [0, 0.05) is 38.3 Å². The molecule has 6 nitrogen and oxygen atoms in total. The van der Waals surface area contributed by atoms with Crippen LogP contribution in [0.4, 0.5) is 5.69 Å². The zero-order valence-corrected chi connectivity index (χ0v) is 9.87. The lowest BCUT2D eigenvalue weighted by molar-refractivity contribution is -0.384. The van der Waals surface area contributed by atoms with Crippen molar-refractivity contribution in [2.75, 3.05) is 19.6 Å². The molecule has 0 saturated carbocycles. The van der Waals surface area contributed by atoms with Crippen LogP contribution in [0.5, 0.6) is 0 Å². The van der Waals surface area contributed by atoms with Crippen molar-refractivity contribution in [2.45, 2.75) is 12.6 Å². The van der Waals surface area contributed by atoms with Crippen LogP contribution in [0.2, 0.25) is 0 Å². The smallest absolute Gasteiger partial charge is 0.269 e. The van der Waals surface area contributed by atoms with Crippen LogP contribution in [0, 0.1) is 21.4 Å². The first kappa shape index (κ1) is 12.5. The number of hydrogen-bond acceptors (Lipinski definition) is 5. The highest BCUT2D eigenvalue weighted by atomic mass is 16.6. The summed E-state index contributed by atoms with van der Waals surface area (Å²) >= 11 is 0. The first-order valence-electron chi connectivity index (χ1n) is 5.78. The van der Waals surface area contributed by atoms with E-state index in [-0.39, 0.29) is 11.7 Å². The van der Waals surface area contributed by atoms with E-state index in [4.69, 9.17) is 5.26 Å². The van der Waals surface area contributed by atoms with Gasteiger partial charge in [0.15, 0.2) is 0 Å². The molecule has 18 heavy (non-hydrogen) atoms. The number of nitro groups is 1. The molecule has 0 radical (unpaired) electrons. The molecule has 0 bridgehead atoms. The molecule has 94 valence electrons. The third-order valence-corrected chi connectivity index (χ3v) is 3.04. The van der Waals surface area contributed by atoms with Gasteiger partial charge in [-0.3, -0.25) is 15.0 Å². The molecule has 0 aliphatic carbocycles. The van der Waals surface area contributed by atoms with Crippen LogP contribution in [0.1, 0.15) is 5.56 Å². The molecule has 1 aliphatic heterocycles. The van der Waals surface area contributed by atoms with Gasteiger partial charge in [0.2, 0.25) is 0 Å². The van der Waals surface area contributed by atoms with Gasteiger partial charge >= 0.3 is 0 Å². The number of hydrogen-bond donors (Lipinski definition) is 1. The van der Waals surface area contributed by atoms with Crippen LogP contribution < -0.4 is 5.32 Å². The molecular weight excluding hydrogens is 232 g/mol. The molecule has 1 aromatic carbocycles. The van der Waals surface area contributed by atoms with Crippen molar-refractivity contribution in [1.82, 2.24) is 10.2 Å². The second kappa shape index (κ2) is 5.58. The fourth-order valence-corrected chi connectivity index (χ4v) is 2.02. The van der Waals surface area contributed by atoms with Crippen molar-refractivity contribution in [3.8, 4) is 6.07 Å². The number of nitriles is 1. The van der Waals surface area contributed by atoms with Gasteiger partial charge in [0.25, 0.3) is 5.69 Å². The zero-order valence-electron chi connectivity index (χ0n) is 9.87. The van der Waals surface area contributed by atoms with E-state index in [1.807, 2.05) is 0 Å². The van der Waals surface area contributed by atoms with Crippen molar-refractivity contribution in [2.24, 2.45) is 0 Å². The van der Waals surface area contributed by atoms with Crippen molar-refractivity contribution in [3.05, 3.63) is 39.9 Å². The van der Waals surface area contributed by atoms with Gasteiger partial charge in [0.05, 0.1) is 11.0 Å². The van der Waals surface area contributed by atoms with Crippen molar-refractivity contribution < 1.29 is 4.92 Å². The predicted octanol–water partition coefficient (Wildman–Crippen LogP) is 0.892. The number of rotatable bonds is 3. The molecule has 1 aromatic rings. The maximum atomic E-state index is 10.5. The molecule has 1 fully saturated rings. The van der Waals surface area contributed by atoms with Crippen LogP contribution >= 0.6 is 0 Å². The highest BCUT2D eigenvalue weighted by Crippen LogP contribution is 2.15. The summed E-state index contributed by atoms with van der Waals surface area (Å²) in [5.74, 6) is 0. The molecule has 1 saturated heterocycles. The number of nitro benzene ring substituents is 1. The number of nitrogens with zero attached hydrogens (tertiary/aromatic N) is 3. The summed E-state index contributed by atoms with van der Waals surface area (Å²) in [6.07, 6.45) is 0. The Hall–Kier alpha value is -1.97. The molecule has 2 rings (SSSR count). The quantitative estimate of drug-likeness (QED) is 0.632. The first-order chi connectivity index (χ1) is 8.70. The summed E-state index contributed by atoms with van der Waals surface area (Å²) in [7, 11) is 0. The summed E-state index contributed by atoms with van der Waals surface area (Å²) < 4.78 is 0. The van der Waals surface area contributed by atoms with E-state index in [1.54, 1.807) is 12.1 Å².